The van der Waals surface area contributed by atoms with Gasteiger partial charge in [-0.05, 0) is 45.8 Å². The average Bonchev–Trinajstić information content (AvgIpc) is 2.74. The van der Waals surface area contributed by atoms with Crippen LogP contribution in [0.1, 0.15) is 30.7 Å². The Kier molecular flexibility index (Phi) is 4.49. The van der Waals surface area contributed by atoms with Crippen LogP contribution in [-0.2, 0) is 6.54 Å². The maximum atomic E-state index is 5.64. The summed E-state index contributed by atoms with van der Waals surface area (Å²) in [7, 11) is 2.17. The number of nitrogens with zero attached hydrogens (tertiary/aromatic N) is 3. The molecule has 0 amide bonds. The Balaban J connectivity index is 1.84. The Morgan fingerprint density at radius 1 is 1.50 bits per heavy atom. The molecule has 2 rings (SSSR count). The average molecular weight is 250 g/mol. The van der Waals surface area contributed by atoms with E-state index in [1.165, 1.54) is 19.4 Å². The minimum Gasteiger partial charge on any atom is -0.463 e. The molecule has 1 aromatic rings. The summed E-state index contributed by atoms with van der Waals surface area (Å²) in [6.07, 6.45) is 3.59. The highest BCUT2D eigenvalue weighted by Crippen LogP contribution is 2.18. The first-order chi connectivity index (χ1) is 8.69. The number of aromatic nitrogens is 2. The molecule has 1 aliphatic heterocycles. The van der Waals surface area contributed by atoms with E-state index in [9.17, 15) is 0 Å². The van der Waals surface area contributed by atoms with Crippen molar-refractivity contribution in [1.29, 1.82) is 0 Å². The summed E-state index contributed by atoms with van der Waals surface area (Å²) in [5.74, 6) is 0. The van der Waals surface area contributed by atoms with Crippen LogP contribution in [0.4, 0.5) is 0 Å². The van der Waals surface area contributed by atoms with Crippen LogP contribution in [0, 0.1) is 6.92 Å². The van der Waals surface area contributed by atoms with Crippen molar-refractivity contribution in [3.8, 4) is 6.01 Å². The predicted octanol–water partition coefficient (Wildman–Crippen LogP) is 1.11. The Labute approximate surface area is 108 Å². The van der Waals surface area contributed by atoms with Gasteiger partial charge in [-0.1, -0.05) is 0 Å². The smallest absolute Gasteiger partial charge is 0.316 e. The summed E-state index contributed by atoms with van der Waals surface area (Å²) < 4.78 is 5.64. The molecule has 1 unspecified atom stereocenters. The first-order valence-electron chi connectivity index (χ1n) is 6.56. The lowest BCUT2D eigenvalue weighted by Gasteiger charge is -2.18. The first kappa shape index (κ1) is 13.2. The zero-order valence-electron chi connectivity index (χ0n) is 11.2. The number of hydrogen-bond acceptors (Lipinski definition) is 5. The quantitative estimate of drug-likeness (QED) is 0.848. The van der Waals surface area contributed by atoms with Gasteiger partial charge >= 0.3 is 6.01 Å². The minimum absolute atomic E-state index is 0.422. The molecule has 1 fully saturated rings. The summed E-state index contributed by atoms with van der Waals surface area (Å²) in [6, 6.07) is 2.98. The van der Waals surface area contributed by atoms with Crippen LogP contribution < -0.4 is 10.5 Å². The van der Waals surface area contributed by atoms with E-state index in [2.05, 4.69) is 21.9 Å². The number of likely N-dealkylation sites (tertiary alicyclic amines) is 1. The molecule has 0 aliphatic carbocycles. The molecule has 1 aromatic heterocycles. The van der Waals surface area contributed by atoms with Gasteiger partial charge in [0.05, 0.1) is 12.3 Å². The lowest BCUT2D eigenvalue weighted by atomic mass is 10.2. The highest BCUT2D eigenvalue weighted by molar-refractivity contribution is 5.12. The molecule has 0 aromatic carbocycles. The summed E-state index contributed by atoms with van der Waals surface area (Å²) in [5.41, 5.74) is 7.31. The fraction of sp³-hybridized carbons (Fsp3) is 0.692. The SMILES string of the molecule is Cc1cc(CN)nc(OCCC2CCCN2C)n1. The fourth-order valence-corrected chi connectivity index (χ4v) is 2.40. The largest absolute Gasteiger partial charge is 0.463 e. The summed E-state index contributed by atoms with van der Waals surface area (Å²) >= 11 is 0. The first-order valence-corrected chi connectivity index (χ1v) is 6.56. The molecule has 1 aliphatic rings. The molecule has 5 heteroatoms. The molecular weight excluding hydrogens is 228 g/mol. The van der Waals surface area contributed by atoms with Gasteiger partial charge in [0, 0.05) is 18.3 Å². The van der Waals surface area contributed by atoms with E-state index in [1.54, 1.807) is 0 Å². The van der Waals surface area contributed by atoms with E-state index in [0.29, 0.717) is 25.2 Å². The highest BCUT2D eigenvalue weighted by atomic mass is 16.5. The van der Waals surface area contributed by atoms with Crippen LogP contribution >= 0.6 is 0 Å². The van der Waals surface area contributed by atoms with Gasteiger partial charge in [-0.15, -0.1) is 0 Å². The molecule has 0 bridgehead atoms. The Bertz CT molecular complexity index is 397. The Hall–Kier alpha value is -1.20. The molecule has 1 saturated heterocycles. The van der Waals surface area contributed by atoms with Gasteiger partial charge in [0.2, 0.25) is 0 Å². The number of hydrogen-bond donors (Lipinski definition) is 1. The zero-order valence-corrected chi connectivity index (χ0v) is 11.2. The van der Waals surface area contributed by atoms with Crippen molar-refractivity contribution in [2.75, 3.05) is 20.2 Å². The van der Waals surface area contributed by atoms with Crippen LogP contribution in [0.2, 0.25) is 0 Å². The van der Waals surface area contributed by atoms with Gasteiger partial charge in [-0.25, -0.2) is 4.98 Å². The molecule has 2 N–H and O–H groups in total. The van der Waals surface area contributed by atoms with Gasteiger partial charge in [0.25, 0.3) is 0 Å². The van der Waals surface area contributed by atoms with E-state index in [-0.39, 0.29) is 0 Å². The van der Waals surface area contributed by atoms with E-state index in [4.69, 9.17) is 10.5 Å². The van der Waals surface area contributed by atoms with Crippen LogP contribution in [0.5, 0.6) is 6.01 Å². The second kappa shape index (κ2) is 6.11. The maximum absolute atomic E-state index is 5.64. The summed E-state index contributed by atoms with van der Waals surface area (Å²) in [4.78, 5) is 10.9. The second-order valence-corrected chi connectivity index (χ2v) is 4.90. The van der Waals surface area contributed by atoms with Crippen molar-refractivity contribution in [3.63, 3.8) is 0 Å². The van der Waals surface area contributed by atoms with E-state index in [0.717, 1.165) is 17.8 Å². The van der Waals surface area contributed by atoms with Gasteiger partial charge in [0.15, 0.2) is 0 Å². The number of rotatable bonds is 5. The maximum Gasteiger partial charge on any atom is 0.316 e. The lowest BCUT2D eigenvalue weighted by molar-refractivity contribution is 0.222. The molecule has 18 heavy (non-hydrogen) atoms. The minimum atomic E-state index is 0.422. The predicted molar refractivity (Wildman–Crippen MR) is 70.4 cm³/mol. The normalized spacial score (nSPS) is 20.3. The van der Waals surface area contributed by atoms with Gasteiger partial charge in [0.1, 0.15) is 0 Å². The second-order valence-electron chi connectivity index (χ2n) is 4.90. The standard InChI is InChI=1S/C13H22N4O/c1-10-8-11(9-14)16-13(15-10)18-7-5-12-4-3-6-17(12)2/h8,12H,3-7,9,14H2,1-2H3. The van der Waals surface area contributed by atoms with Gasteiger partial charge < -0.3 is 15.4 Å². The highest BCUT2D eigenvalue weighted by Gasteiger charge is 2.20. The molecule has 1 atom stereocenters. The monoisotopic (exact) mass is 250 g/mol. The van der Waals surface area contributed by atoms with Crippen molar-refractivity contribution in [2.45, 2.75) is 38.8 Å². The van der Waals surface area contributed by atoms with Crippen molar-refractivity contribution >= 4 is 0 Å². The van der Waals surface area contributed by atoms with Crippen LogP contribution in [-0.4, -0.2) is 41.1 Å². The molecule has 100 valence electrons. The van der Waals surface area contributed by atoms with Crippen LogP contribution in [0.3, 0.4) is 0 Å². The van der Waals surface area contributed by atoms with Crippen LogP contribution in [0.15, 0.2) is 6.07 Å². The zero-order chi connectivity index (χ0) is 13.0. The van der Waals surface area contributed by atoms with Crippen molar-refractivity contribution < 1.29 is 4.74 Å². The van der Waals surface area contributed by atoms with Gasteiger partial charge in [-0.2, -0.15) is 4.98 Å². The van der Waals surface area contributed by atoms with E-state index in [1.807, 2.05) is 13.0 Å². The molecule has 0 saturated carbocycles. The van der Waals surface area contributed by atoms with Crippen molar-refractivity contribution in [3.05, 3.63) is 17.5 Å². The number of aryl methyl sites for hydroxylation is 1. The molecule has 5 nitrogen and oxygen atoms in total. The van der Waals surface area contributed by atoms with E-state index >= 15 is 0 Å². The Morgan fingerprint density at radius 3 is 3.00 bits per heavy atom. The van der Waals surface area contributed by atoms with Crippen LogP contribution in [0.25, 0.3) is 0 Å². The van der Waals surface area contributed by atoms with Crippen molar-refractivity contribution in [2.24, 2.45) is 5.73 Å². The van der Waals surface area contributed by atoms with E-state index < -0.39 is 0 Å². The third-order valence-electron chi connectivity index (χ3n) is 3.45. The molecular formula is C13H22N4O. The van der Waals surface area contributed by atoms with Gasteiger partial charge in [-0.3, -0.25) is 0 Å². The Morgan fingerprint density at radius 2 is 2.33 bits per heavy atom. The lowest BCUT2D eigenvalue weighted by Crippen LogP contribution is -2.26. The summed E-state index contributed by atoms with van der Waals surface area (Å²) in [5, 5.41) is 0. The number of nitrogens with two attached hydrogens (primary N) is 1. The third kappa shape index (κ3) is 3.40. The molecule has 2 heterocycles. The third-order valence-corrected chi connectivity index (χ3v) is 3.45. The fourth-order valence-electron chi connectivity index (χ4n) is 2.40. The molecule has 0 spiro atoms. The molecule has 0 radical (unpaired) electrons. The number of ether oxygens (including phenoxy) is 1. The van der Waals surface area contributed by atoms with Crippen molar-refractivity contribution in [1.82, 2.24) is 14.9 Å². The topological polar surface area (TPSA) is 64.3 Å². The summed E-state index contributed by atoms with van der Waals surface area (Å²) in [6.45, 7) is 4.22.